The van der Waals surface area contributed by atoms with Gasteiger partial charge in [-0.25, -0.2) is 14.8 Å². The van der Waals surface area contributed by atoms with E-state index in [9.17, 15) is 131 Å². The quantitative estimate of drug-likeness (QED) is 0.0127. The average molecular weight is 2130 g/mol. The zero-order chi connectivity index (χ0) is 110. The van der Waals surface area contributed by atoms with Crippen LogP contribution in [0, 0.1) is 22.7 Å². The van der Waals surface area contributed by atoms with Gasteiger partial charge < -0.3 is 176 Å². The summed E-state index contributed by atoms with van der Waals surface area (Å²) in [6.07, 6.45) is 4.47. The van der Waals surface area contributed by atoms with Crippen LogP contribution in [0.15, 0.2) is 25.0 Å². The van der Waals surface area contributed by atoms with Gasteiger partial charge in [0.25, 0.3) is 0 Å². The van der Waals surface area contributed by atoms with Crippen molar-refractivity contribution in [1.29, 1.82) is 10.8 Å². The van der Waals surface area contributed by atoms with Crippen molar-refractivity contribution >= 4 is 178 Å². The molecule has 0 aliphatic carbocycles. The van der Waals surface area contributed by atoms with Crippen LogP contribution in [0.3, 0.4) is 0 Å². The lowest BCUT2D eigenvalue weighted by atomic mass is 10.0. The van der Waals surface area contributed by atoms with E-state index in [1.165, 1.54) is 69.3 Å². The smallest absolute Gasteiger partial charge is 0.326 e. The van der Waals surface area contributed by atoms with Crippen LogP contribution in [-0.4, -0.2) is 379 Å². The summed E-state index contributed by atoms with van der Waals surface area (Å²) in [5.74, 6) is -25.3. The third-order valence-electron chi connectivity index (χ3n) is 21.1. The number of hydrogen-bond donors (Lipinski definition) is 36. The molecule has 146 heavy (non-hydrogen) atoms. The molecule has 0 unspecified atom stereocenters. The van der Waals surface area contributed by atoms with E-state index in [1.54, 1.807) is 26.4 Å². The van der Waals surface area contributed by atoms with Gasteiger partial charge in [0.15, 0.2) is 11.9 Å². The largest absolute Gasteiger partial charge is 0.481 e. The lowest BCUT2D eigenvalue weighted by Crippen LogP contribution is -2.61. The van der Waals surface area contributed by atoms with Crippen LogP contribution in [0.25, 0.3) is 0 Å². The molecular weight excluding hydrogens is 1990 g/mol. The fourth-order valence-corrected chi connectivity index (χ4v) is 14.5. The topological polar surface area (TPSA) is 964 Å². The van der Waals surface area contributed by atoms with Crippen LogP contribution < -0.4 is 140 Å². The highest BCUT2D eigenvalue weighted by atomic mass is 32.2. The van der Waals surface area contributed by atoms with Gasteiger partial charge in [0, 0.05) is 50.5 Å². The highest BCUT2D eigenvalue weighted by Crippen LogP contribution is 2.15. The molecular formula is C84H142N32O27S3. The van der Waals surface area contributed by atoms with Crippen molar-refractivity contribution in [3.8, 4) is 0 Å². The number of H-pyrrole nitrogens is 2. The summed E-state index contributed by atoms with van der Waals surface area (Å²) in [7, 11) is 0. The first kappa shape index (κ1) is 128. The number of aliphatic hydroxyl groups is 3. The summed E-state index contributed by atoms with van der Waals surface area (Å²) in [6.45, 7) is 3.13. The molecule has 0 spiro atoms. The molecule has 0 saturated heterocycles. The highest BCUT2D eigenvalue weighted by Gasteiger charge is 2.40. The molecule has 0 bridgehead atoms. The molecule has 40 N–H and O–H groups in total. The number of nitrogens with one attached hydrogen (secondary N) is 25. The lowest BCUT2D eigenvalue weighted by molar-refractivity contribution is -0.143. The van der Waals surface area contributed by atoms with Crippen LogP contribution in [0.5, 0.6) is 0 Å². The van der Waals surface area contributed by atoms with Crippen LogP contribution in [0.2, 0.25) is 0 Å². The maximum atomic E-state index is 14.6. The van der Waals surface area contributed by atoms with Crippen molar-refractivity contribution in [3.05, 3.63) is 36.4 Å². The molecule has 17 atom stereocenters. The van der Waals surface area contributed by atoms with E-state index >= 15 is 0 Å². The number of primary amides is 1. The van der Waals surface area contributed by atoms with Crippen LogP contribution in [0.1, 0.15) is 136 Å². The molecule has 0 aromatic carbocycles. The number of thioether (sulfide) groups is 2. The third kappa shape index (κ3) is 51.1. The Kier molecular flexibility index (Phi) is 60.8. The summed E-state index contributed by atoms with van der Waals surface area (Å²) in [5, 5.41) is 116. The standard InChI is InChI=1S/C84H142N32O27S3/c1-40(2)25-52(69(129)98-34-63(124)115-66(43(6)119)81(141)108-50(19-24-146-8)74(134)107-49(16-17-64(125)126)75(135)116-65(41(3)4)80(140)109-51(82(142)143)13-9-10-20-85)111-79(139)58(37-144)104-62(123)33-99-71(131)56(35-117)103-61(122)32-96-67(127)42(5)102-60(121)31-97-70(130)53(26-44-29-92-38-100-44)112-72(132)47(14-11-21-94-83(88)89)105-76(136)54(27-45-30-93-39-101-45)113-78(138)57(36-118)114-73(133)48(15-12-22-95-84(90)91)106-77(137)55(28-59(87)120)110-68(128)46(86)18-23-145-7/h29-30,38-43,46-58,65-66,117-119,144H,9-28,31-37,85-86H2,1-8H3,(H2,87,120)(H,92,100)(H,93,101)(H,96,127)(H,97,130)(H,98,129)(H,99,131)(H,102,121)(H,103,122)(H,104,123)(H,105,136)(H,106,137)(H,107,134)(H,108,141)(H,109,140)(H,110,128)(H,111,139)(H,112,132)(H,113,138)(H,114,133)(H,115,124)(H,116,135)(H,125,126)(H,142,143)(H4,88,89,94)(H4,90,91,95)/t42-,43+,46-,47-,48-,49-,50-,51-,52-,53-,54-,55-,56-,57-,58-,65-,66-/m0/s1. The number of amides is 20. The summed E-state index contributed by atoms with van der Waals surface area (Å²) >= 11 is 6.77. The number of carbonyl (C=O) groups excluding carboxylic acids is 20. The Labute approximate surface area is 853 Å². The molecule has 0 aliphatic rings. The number of nitrogens with two attached hydrogens (primary N) is 5. The molecule has 59 nitrogen and oxygen atoms in total. The Bertz CT molecular complexity index is 4680. The zero-order valence-corrected chi connectivity index (χ0v) is 84.7. The molecule has 2 aromatic heterocycles. The molecule has 0 fully saturated rings. The van der Waals surface area contributed by atoms with E-state index in [0.29, 0.717) is 18.6 Å². The van der Waals surface area contributed by atoms with Crippen molar-refractivity contribution in [3.63, 3.8) is 0 Å². The van der Waals surface area contributed by atoms with Gasteiger partial charge in [-0.05, 0) is 127 Å². The van der Waals surface area contributed by atoms with Crippen molar-refractivity contribution in [1.82, 2.24) is 132 Å². The lowest BCUT2D eigenvalue weighted by Gasteiger charge is -2.28. The van der Waals surface area contributed by atoms with E-state index in [0.717, 1.165) is 6.92 Å². The second-order valence-corrected chi connectivity index (χ2v) is 36.4. The molecule has 2 heterocycles. The number of rotatable bonds is 73. The molecule has 0 radical (unpaired) electrons. The van der Waals surface area contributed by atoms with Crippen molar-refractivity contribution in [2.45, 2.75) is 241 Å². The summed E-state index contributed by atoms with van der Waals surface area (Å²) in [4.78, 5) is 310. The Morgan fingerprint density at radius 3 is 1.22 bits per heavy atom. The number of aromatic nitrogens is 4. The molecule has 0 saturated carbocycles. The van der Waals surface area contributed by atoms with Crippen LogP contribution in [-0.2, 0) is 118 Å². The second kappa shape index (κ2) is 69.2. The Morgan fingerprint density at radius 1 is 0.404 bits per heavy atom. The number of hydrogen-bond acceptors (Lipinski definition) is 34. The van der Waals surface area contributed by atoms with Crippen molar-refractivity contribution in [2.24, 2.45) is 40.5 Å². The number of aromatic amines is 2. The van der Waals surface area contributed by atoms with Gasteiger partial charge in [0.05, 0.1) is 82.0 Å². The van der Waals surface area contributed by atoms with Gasteiger partial charge in [-0.2, -0.15) is 36.2 Å². The van der Waals surface area contributed by atoms with E-state index in [2.05, 4.69) is 144 Å². The minimum absolute atomic E-state index is 0.0133. The fraction of sp³-hybridized carbons (Fsp3) is 0.643. The minimum Gasteiger partial charge on any atom is -0.481 e. The number of aliphatic carboxylic acids is 2. The first-order chi connectivity index (χ1) is 68.9. The number of carbonyl (C=O) groups is 22. The van der Waals surface area contributed by atoms with E-state index < -0.39 is 322 Å². The zero-order valence-electron chi connectivity index (χ0n) is 82.1. The van der Waals surface area contributed by atoms with Crippen molar-refractivity contribution in [2.75, 3.05) is 88.8 Å². The van der Waals surface area contributed by atoms with Gasteiger partial charge in [-0.15, -0.1) is 0 Å². The molecule has 0 aliphatic heterocycles. The van der Waals surface area contributed by atoms with Gasteiger partial charge >= 0.3 is 11.9 Å². The molecule has 62 heteroatoms. The predicted octanol–water partition coefficient (Wildman–Crippen LogP) is -14.0. The maximum absolute atomic E-state index is 14.6. The average Bonchev–Trinajstić information content (AvgIpc) is 1.32. The number of guanidine groups is 2. The number of nitrogens with zero attached hydrogens (tertiary/aromatic N) is 2. The van der Waals surface area contributed by atoms with Crippen molar-refractivity contribution < 1.29 is 131 Å². The van der Waals surface area contributed by atoms with Gasteiger partial charge in [0.1, 0.15) is 90.6 Å². The van der Waals surface area contributed by atoms with E-state index in [1.807, 2.05) is 0 Å². The molecule has 2 rings (SSSR count). The molecule has 2 aromatic rings. The number of carboxylic acid groups (broad SMARTS) is 2. The van der Waals surface area contributed by atoms with E-state index in [-0.39, 0.29) is 100 Å². The van der Waals surface area contributed by atoms with Crippen LogP contribution >= 0.6 is 36.2 Å². The van der Waals surface area contributed by atoms with Gasteiger partial charge in [-0.1, -0.05) is 27.7 Å². The Morgan fingerprint density at radius 2 is 0.774 bits per heavy atom. The highest BCUT2D eigenvalue weighted by molar-refractivity contribution is 7.98. The SMILES string of the molecule is CSCC[C@H](NC(=O)[C@@H](NC(=O)CNC(=O)[C@H](CC(C)C)NC(=O)[C@H](CS)NC(=O)CNC(=O)[C@H](CO)NC(=O)CNC(=O)[C@H](C)NC(=O)CNC(=O)[C@H](Cc1c[nH]cn1)NC(=O)[C@H](CCCNC(=N)N)NC(=O)[C@H](Cc1c[nH]cn1)NC(=O)[C@H](CO)NC(=O)[C@H](CCCNC(=N)N)NC(=O)[C@H](CC(N)=O)NC(=O)[C@@H](N)CCSC)[C@@H](C)O)C(=O)N[C@@H](CCC(=O)O)C(=O)N[C@H](C(=O)N[C@@H](CCCCN)C(=O)O)C(C)C. The molecule has 20 amide bonds. The third-order valence-corrected chi connectivity index (χ3v) is 22.8. The first-order valence-corrected chi connectivity index (χ1v) is 49.8. The minimum atomic E-state index is -1.90. The second-order valence-electron chi connectivity index (χ2n) is 34.1. The normalized spacial score (nSPS) is 14.5. The first-order valence-electron chi connectivity index (χ1n) is 46.3. The van der Waals surface area contributed by atoms with Gasteiger partial charge in [-0.3, -0.25) is 112 Å². The fourth-order valence-electron chi connectivity index (χ4n) is 13.3. The van der Waals surface area contributed by atoms with Crippen LogP contribution in [0.4, 0.5) is 0 Å². The predicted molar refractivity (Wildman–Crippen MR) is 529 cm³/mol. The number of thiol groups is 1. The summed E-state index contributed by atoms with van der Waals surface area (Å²) in [5.41, 5.74) is 28.2. The summed E-state index contributed by atoms with van der Waals surface area (Å²) in [6, 6.07) is -25.1. The number of unbranched alkanes of at least 4 members (excludes halogenated alkanes) is 1. The number of carboxylic acids is 2. The summed E-state index contributed by atoms with van der Waals surface area (Å²) < 4.78 is 0. The number of aliphatic hydroxyl groups excluding tert-OH is 3. The molecule has 818 valence electrons. The Hall–Kier alpha value is -13.8. The Balaban J connectivity index is 2.18. The maximum Gasteiger partial charge on any atom is 0.326 e. The number of imidazole rings is 2. The van der Waals surface area contributed by atoms with Gasteiger partial charge in [0.2, 0.25) is 118 Å². The van der Waals surface area contributed by atoms with E-state index in [4.69, 9.17) is 39.5 Å². The monoisotopic (exact) mass is 2130 g/mol.